The molecule has 1 saturated carbocycles. The lowest BCUT2D eigenvalue weighted by molar-refractivity contribution is 0.902. The van der Waals surface area contributed by atoms with Crippen LogP contribution in [0.4, 0.5) is 0 Å². The summed E-state index contributed by atoms with van der Waals surface area (Å²) in [6.07, 6.45) is 9.73. The van der Waals surface area contributed by atoms with Crippen molar-refractivity contribution < 1.29 is 0 Å². The lowest BCUT2D eigenvalue weighted by Gasteiger charge is -1.98. The number of hydrogen-bond donors (Lipinski definition) is 0. The molecule has 1 aromatic rings. The minimum atomic E-state index is 0.0238. The Bertz CT molecular complexity index is 447. The van der Waals surface area contributed by atoms with E-state index in [9.17, 15) is 0 Å². The number of allylic oxidation sites excluding steroid dienone is 1. The zero-order chi connectivity index (χ0) is 10.7. The minimum Gasteiger partial charge on any atom is -0.120 e. The molecule has 1 aliphatic rings. The van der Waals surface area contributed by atoms with E-state index in [1.165, 1.54) is 5.56 Å². The van der Waals surface area contributed by atoms with Crippen molar-refractivity contribution in [3.05, 3.63) is 47.7 Å². The van der Waals surface area contributed by atoms with Crippen molar-refractivity contribution in [1.29, 1.82) is 0 Å². The molecule has 1 aromatic carbocycles. The molecule has 0 aromatic heterocycles. The molecule has 2 rings (SSSR count). The third-order valence-electron chi connectivity index (χ3n) is 2.85. The first kappa shape index (κ1) is 9.84. The lowest BCUT2D eigenvalue weighted by Crippen LogP contribution is -1.86. The maximum absolute atomic E-state index is 5.46. The van der Waals surface area contributed by atoms with Crippen LogP contribution in [-0.2, 0) is 0 Å². The summed E-state index contributed by atoms with van der Waals surface area (Å²) in [5.41, 5.74) is 5.69. The molecule has 0 aliphatic heterocycles. The average molecular weight is 194 g/mol. The summed E-state index contributed by atoms with van der Waals surface area (Å²) < 4.78 is 0. The quantitative estimate of drug-likeness (QED) is 0.498. The van der Waals surface area contributed by atoms with Gasteiger partial charge in [-0.25, -0.2) is 0 Å². The van der Waals surface area contributed by atoms with Crippen molar-refractivity contribution in [3.8, 4) is 12.3 Å². The van der Waals surface area contributed by atoms with Gasteiger partial charge in [0, 0.05) is 0 Å². The molecule has 0 saturated heterocycles. The molecule has 0 spiro atoms. The van der Waals surface area contributed by atoms with Gasteiger partial charge in [-0.05, 0) is 37.0 Å². The van der Waals surface area contributed by atoms with E-state index >= 15 is 0 Å². The molecule has 0 heteroatoms. The SMILES string of the molecule is C#CC1(C=C=C(C)c2ccccc2)CC1. The zero-order valence-corrected chi connectivity index (χ0v) is 8.96. The Morgan fingerprint density at radius 2 is 2.00 bits per heavy atom. The molecule has 0 N–H and O–H groups in total. The van der Waals surface area contributed by atoms with Gasteiger partial charge in [0.05, 0.1) is 5.41 Å². The van der Waals surface area contributed by atoms with E-state index in [1.54, 1.807) is 0 Å². The Morgan fingerprint density at radius 3 is 2.53 bits per heavy atom. The predicted molar refractivity (Wildman–Crippen MR) is 64.1 cm³/mol. The molecule has 0 nitrogen and oxygen atoms in total. The Morgan fingerprint density at radius 1 is 1.33 bits per heavy atom. The molecule has 0 atom stereocenters. The van der Waals surface area contributed by atoms with Crippen LogP contribution >= 0.6 is 0 Å². The molecule has 0 heterocycles. The third kappa shape index (κ3) is 2.21. The Labute approximate surface area is 91.3 Å². The Kier molecular flexibility index (Phi) is 2.50. The zero-order valence-electron chi connectivity index (χ0n) is 8.96. The van der Waals surface area contributed by atoms with Crippen molar-refractivity contribution in [3.63, 3.8) is 0 Å². The predicted octanol–water partition coefficient (Wildman–Crippen LogP) is 3.66. The van der Waals surface area contributed by atoms with Crippen LogP contribution in [0.3, 0.4) is 0 Å². The fourth-order valence-corrected chi connectivity index (χ4v) is 1.48. The van der Waals surface area contributed by atoms with Gasteiger partial charge in [0.2, 0.25) is 0 Å². The van der Waals surface area contributed by atoms with Crippen LogP contribution in [0.2, 0.25) is 0 Å². The van der Waals surface area contributed by atoms with Gasteiger partial charge in [0.15, 0.2) is 0 Å². The van der Waals surface area contributed by atoms with E-state index in [0.717, 1.165) is 18.4 Å². The second-order valence-electron chi connectivity index (χ2n) is 4.08. The molecular formula is C15H14. The second kappa shape index (κ2) is 3.81. The van der Waals surface area contributed by atoms with Crippen LogP contribution in [0, 0.1) is 17.8 Å². The Hall–Kier alpha value is -1.70. The largest absolute Gasteiger partial charge is 0.120 e. The summed E-state index contributed by atoms with van der Waals surface area (Å²) >= 11 is 0. The highest BCUT2D eigenvalue weighted by Gasteiger charge is 2.38. The molecule has 1 aliphatic carbocycles. The monoisotopic (exact) mass is 194 g/mol. The third-order valence-corrected chi connectivity index (χ3v) is 2.85. The summed E-state index contributed by atoms with van der Waals surface area (Å²) in [6, 6.07) is 10.3. The van der Waals surface area contributed by atoms with Gasteiger partial charge in [-0.3, -0.25) is 0 Å². The highest BCUT2D eigenvalue weighted by Crippen LogP contribution is 2.46. The number of benzene rings is 1. The van der Waals surface area contributed by atoms with Gasteiger partial charge in [-0.2, -0.15) is 0 Å². The highest BCUT2D eigenvalue weighted by atomic mass is 14.4. The molecule has 1 fully saturated rings. The van der Waals surface area contributed by atoms with E-state index < -0.39 is 0 Å². The number of hydrogen-bond acceptors (Lipinski definition) is 0. The molecule has 0 unspecified atom stereocenters. The Balaban J connectivity index is 2.26. The van der Waals surface area contributed by atoms with Gasteiger partial charge >= 0.3 is 0 Å². The maximum atomic E-state index is 5.46. The summed E-state index contributed by atoms with van der Waals surface area (Å²) in [4.78, 5) is 0. The van der Waals surface area contributed by atoms with E-state index in [4.69, 9.17) is 6.42 Å². The molecule has 15 heavy (non-hydrogen) atoms. The van der Waals surface area contributed by atoms with E-state index in [2.05, 4.69) is 36.8 Å². The highest BCUT2D eigenvalue weighted by molar-refractivity contribution is 5.63. The minimum absolute atomic E-state index is 0.0238. The number of rotatable bonds is 2. The van der Waals surface area contributed by atoms with E-state index in [-0.39, 0.29) is 5.41 Å². The lowest BCUT2D eigenvalue weighted by atomic mass is 10.1. The van der Waals surface area contributed by atoms with Crippen LogP contribution in [0.15, 0.2) is 42.1 Å². The first-order valence-electron chi connectivity index (χ1n) is 5.23. The molecule has 74 valence electrons. The van der Waals surface area contributed by atoms with Crippen molar-refractivity contribution in [2.24, 2.45) is 5.41 Å². The summed E-state index contributed by atoms with van der Waals surface area (Å²) in [5.74, 6) is 2.83. The maximum Gasteiger partial charge on any atom is 0.0566 e. The summed E-state index contributed by atoms with van der Waals surface area (Å²) in [6.45, 7) is 2.07. The average Bonchev–Trinajstić information content (AvgIpc) is 3.08. The van der Waals surface area contributed by atoms with Crippen molar-refractivity contribution in [2.75, 3.05) is 0 Å². The summed E-state index contributed by atoms with van der Waals surface area (Å²) in [7, 11) is 0. The first-order chi connectivity index (χ1) is 7.26. The summed E-state index contributed by atoms with van der Waals surface area (Å²) in [5, 5.41) is 0. The van der Waals surface area contributed by atoms with Crippen molar-refractivity contribution in [1.82, 2.24) is 0 Å². The van der Waals surface area contributed by atoms with Gasteiger partial charge < -0.3 is 0 Å². The van der Waals surface area contributed by atoms with Gasteiger partial charge in [-0.1, -0.05) is 36.3 Å². The van der Waals surface area contributed by atoms with Gasteiger partial charge in [0.1, 0.15) is 0 Å². The van der Waals surface area contributed by atoms with Crippen LogP contribution in [0.5, 0.6) is 0 Å². The topological polar surface area (TPSA) is 0 Å². The molecule has 0 bridgehead atoms. The smallest absolute Gasteiger partial charge is 0.0566 e. The second-order valence-corrected chi connectivity index (χ2v) is 4.08. The normalized spacial score (nSPS) is 16.0. The van der Waals surface area contributed by atoms with Crippen molar-refractivity contribution in [2.45, 2.75) is 19.8 Å². The van der Waals surface area contributed by atoms with E-state index in [0.29, 0.717) is 0 Å². The van der Waals surface area contributed by atoms with Crippen LogP contribution < -0.4 is 0 Å². The first-order valence-corrected chi connectivity index (χ1v) is 5.23. The molecular weight excluding hydrogens is 180 g/mol. The van der Waals surface area contributed by atoms with E-state index in [1.807, 2.05) is 18.2 Å². The van der Waals surface area contributed by atoms with Crippen LogP contribution in [0.25, 0.3) is 5.57 Å². The van der Waals surface area contributed by atoms with Crippen molar-refractivity contribution >= 4 is 5.57 Å². The van der Waals surface area contributed by atoms with Crippen LogP contribution in [-0.4, -0.2) is 0 Å². The fraction of sp³-hybridized carbons (Fsp3) is 0.267. The van der Waals surface area contributed by atoms with Gasteiger partial charge in [-0.15, -0.1) is 12.2 Å². The van der Waals surface area contributed by atoms with Gasteiger partial charge in [0.25, 0.3) is 0 Å². The molecule has 0 radical (unpaired) electrons. The number of terminal acetylenes is 1. The fourth-order valence-electron chi connectivity index (χ4n) is 1.48. The van der Waals surface area contributed by atoms with Crippen LogP contribution in [0.1, 0.15) is 25.3 Å². The molecule has 0 amide bonds. The standard InChI is InChI=1S/C15H14/c1-3-15(11-12-15)10-9-13(2)14-7-5-4-6-8-14/h1,4-8,10H,11-12H2,2H3.